The minimum absolute atomic E-state index is 0.0706. The van der Waals surface area contributed by atoms with E-state index >= 15 is 0 Å². The zero-order valence-electron chi connectivity index (χ0n) is 25.2. The number of carbonyl (C=O) groups excluding carboxylic acids is 2. The number of pyridine rings is 1. The number of benzene rings is 2. The summed E-state index contributed by atoms with van der Waals surface area (Å²) in [6.45, 7) is 3.20. The molecule has 238 valence electrons. The number of carbonyl (C=O) groups is 2. The van der Waals surface area contributed by atoms with Crippen LogP contribution < -0.4 is 26.0 Å². The van der Waals surface area contributed by atoms with Crippen molar-refractivity contribution in [2.75, 3.05) is 43.1 Å². The van der Waals surface area contributed by atoms with Crippen molar-refractivity contribution in [3.05, 3.63) is 82.1 Å². The first kappa shape index (κ1) is 33.5. The molecule has 2 aromatic heterocycles. The first-order chi connectivity index (χ1) is 21.7. The molecule has 0 bridgehead atoms. The van der Waals surface area contributed by atoms with E-state index in [4.69, 9.17) is 27.9 Å². The van der Waals surface area contributed by atoms with Crippen molar-refractivity contribution < 1.29 is 19.4 Å². The van der Waals surface area contributed by atoms with Crippen molar-refractivity contribution >= 4 is 52.6 Å². The molecular formula is C31H36Cl2N8O4. The van der Waals surface area contributed by atoms with Gasteiger partial charge in [-0.1, -0.05) is 48.7 Å². The summed E-state index contributed by atoms with van der Waals surface area (Å²) in [6, 6.07) is 14.4. The van der Waals surface area contributed by atoms with Crippen molar-refractivity contribution in [3.63, 3.8) is 0 Å². The van der Waals surface area contributed by atoms with Crippen molar-refractivity contribution in [3.8, 4) is 17.2 Å². The average Bonchev–Trinajstić information content (AvgIpc) is 3.42. The van der Waals surface area contributed by atoms with Gasteiger partial charge in [-0.2, -0.15) is 5.10 Å². The highest BCUT2D eigenvalue weighted by Gasteiger charge is 2.17. The molecule has 4 aromatic rings. The summed E-state index contributed by atoms with van der Waals surface area (Å²) in [5, 5.41) is 25.2. The van der Waals surface area contributed by atoms with Gasteiger partial charge >= 0.3 is 12.1 Å². The molecule has 0 saturated carbocycles. The molecule has 0 aliphatic carbocycles. The van der Waals surface area contributed by atoms with E-state index in [1.54, 1.807) is 41.1 Å². The molecule has 5 N–H and O–H groups in total. The SMILES string of the molecule is CCCCc1cc(NC(=O)Nc2ccc(Oc3ccnc(NC(=O)NCCN(C)C)c3)c(Cl)c2Cl)n(-c2ccc(CO)cc2)n1. The Kier molecular flexibility index (Phi) is 12.0. The van der Waals surface area contributed by atoms with Crippen LogP contribution in [0.4, 0.5) is 26.9 Å². The van der Waals surface area contributed by atoms with Gasteiger partial charge in [0.15, 0.2) is 0 Å². The van der Waals surface area contributed by atoms with E-state index in [0.717, 1.165) is 36.2 Å². The average molecular weight is 656 g/mol. The predicted molar refractivity (Wildman–Crippen MR) is 177 cm³/mol. The number of anilines is 3. The minimum atomic E-state index is -0.550. The Morgan fingerprint density at radius 1 is 0.978 bits per heavy atom. The van der Waals surface area contributed by atoms with E-state index in [0.29, 0.717) is 24.7 Å². The van der Waals surface area contributed by atoms with Gasteiger partial charge in [-0.15, -0.1) is 0 Å². The fourth-order valence-corrected chi connectivity index (χ4v) is 4.55. The molecule has 4 rings (SSSR count). The third-order valence-corrected chi connectivity index (χ3v) is 7.36. The molecule has 45 heavy (non-hydrogen) atoms. The quantitative estimate of drug-likeness (QED) is 0.110. The van der Waals surface area contributed by atoms with Crippen LogP contribution >= 0.6 is 23.2 Å². The predicted octanol–water partition coefficient (Wildman–Crippen LogP) is 6.53. The number of amides is 4. The number of hydrogen-bond donors (Lipinski definition) is 5. The van der Waals surface area contributed by atoms with Gasteiger partial charge in [0.05, 0.1) is 28.7 Å². The van der Waals surface area contributed by atoms with Gasteiger partial charge in [0.2, 0.25) is 0 Å². The number of urea groups is 2. The minimum Gasteiger partial charge on any atom is -0.456 e. The standard InChI is InChI=1S/C31H36Cl2N8O4/c1-4-5-6-21-17-27(41(39-21)22-9-7-20(19-42)8-10-22)38-31(44)36-24-11-12-25(29(33)28(24)32)45-23-13-14-34-26(18-23)37-30(43)35-15-16-40(2)3/h7-14,17-18,42H,4-6,15-16,19H2,1-3H3,(H2,36,38,44)(H2,34,35,37,43). The zero-order chi connectivity index (χ0) is 32.3. The number of unbranched alkanes of at least 4 members (excludes halogenated alkanes) is 1. The summed E-state index contributed by atoms with van der Waals surface area (Å²) in [5.74, 6) is 1.36. The summed E-state index contributed by atoms with van der Waals surface area (Å²) in [4.78, 5) is 31.3. The zero-order valence-corrected chi connectivity index (χ0v) is 26.7. The second-order valence-corrected chi connectivity index (χ2v) is 11.1. The molecule has 12 nitrogen and oxygen atoms in total. The summed E-state index contributed by atoms with van der Waals surface area (Å²) < 4.78 is 7.55. The number of aliphatic hydroxyl groups excluding tert-OH is 1. The third-order valence-electron chi connectivity index (χ3n) is 6.49. The topological polar surface area (TPSA) is 146 Å². The van der Waals surface area contributed by atoms with Gasteiger partial charge in [0.25, 0.3) is 0 Å². The maximum Gasteiger partial charge on any atom is 0.324 e. The Bertz CT molecular complexity index is 1610. The molecule has 0 unspecified atom stereocenters. The van der Waals surface area contributed by atoms with Crippen molar-refractivity contribution in [2.45, 2.75) is 32.8 Å². The first-order valence-electron chi connectivity index (χ1n) is 14.4. The highest BCUT2D eigenvalue weighted by atomic mass is 35.5. The Hall–Kier alpha value is -4.36. The van der Waals surface area contributed by atoms with E-state index in [2.05, 4.69) is 38.3 Å². The molecular weight excluding hydrogens is 619 g/mol. The van der Waals surface area contributed by atoms with Crippen LogP contribution in [0.15, 0.2) is 60.8 Å². The normalized spacial score (nSPS) is 10.9. The lowest BCUT2D eigenvalue weighted by Gasteiger charge is -2.14. The molecule has 2 heterocycles. The highest BCUT2D eigenvalue weighted by Crippen LogP contribution is 2.39. The summed E-state index contributed by atoms with van der Waals surface area (Å²) in [6.07, 6.45) is 4.21. The molecule has 0 saturated heterocycles. The summed E-state index contributed by atoms with van der Waals surface area (Å²) in [7, 11) is 3.83. The Morgan fingerprint density at radius 2 is 1.76 bits per heavy atom. The van der Waals surface area contributed by atoms with E-state index in [1.165, 1.54) is 6.20 Å². The van der Waals surface area contributed by atoms with Crippen LogP contribution in [0.3, 0.4) is 0 Å². The molecule has 14 heteroatoms. The Balaban J connectivity index is 1.43. The van der Waals surface area contributed by atoms with Crippen LogP contribution in [0.2, 0.25) is 10.0 Å². The number of halogens is 2. The molecule has 4 amide bonds. The maximum atomic E-state index is 13.1. The second kappa shape index (κ2) is 16.1. The lowest BCUT2D eigenvalue weighted by Crippen LogP contribution is -2.34. The lowest BCUT2D eigenvalue weighted by molar-refractivity contribution is 0.250. The van der Waals surface area contributed by atoms with Crippen LogP contribution in [0.25, 0.3) is 5.69 Å². The van der Waals surface area contributed by atoms with Crippen molar-refractivity contribution in [2.24, 2.45) is 0 Å². The molecule has 0 atom stereocenters. The molecule has 0 spiro atoms. The summed E-state index contributed by atoms with van der Waals surface area (Å²) in [5.41, 5.74) is 2.60. The molecule has 0 fully saturated rings. The molecule has 2 aromatic carbocycles. The van der Waals surface area contributed by atoms with Crippen molar-refractivity contribution in [1.82, 2.24) is 25.0 Å². The van der Waals surface area contributed by atoms with Gasteiger partial charge in [0.1, 0.15) is 28.2 Å². The summed E-state index contributed by atoms with van der Waals surface area (Å²) >= 11 is 13.0. The number of hydrogen-bond acceptors (Lipinski definition) is 7. The number of aromatic nitrogens is 3. The van der Waals surface area contributed by atoms with Crippen LogP contribution in [-0.4, -0.2) is 64.0 Å². The van der Waals surface area contributed by atoms with Gasteiger partial charge in [0, 0.05) is 31.4 Å². The van der Waals surface area contributed by atoms with Crippen LogP contribution in [-0.2, 0) is 13.0 Å². The second-order valence-electron chi connectivity index (χ2n) is 10.3. The Morgan fingerprint density at radius 3 is 2.47 bits per heavy atom. The van der Waals surface area contributed by atoms with Gasteiger partial charge in [-0.25, -0.2) is 19.3 Å². The van der Waals surface area contributed by atoms with Gasteiger partial charge in [-0.05, 0) is 62.8 Å². The number of rotatable bonds is 13. The first-order valence-corrected chi connectivity index (χ1v) is 15.1. The smallest absolute Gasteiger partial charge is 0.324 e. The largest absolute Gasteiger partial charge is 0.456 e. The number of ether oxygens (including phenoxy) is 1. The van der Waals surface area contributed by atoms with Crippen LogP contribution in [0, 0.1) is 0 Å². The highest BCUT2D eigenvalue weighted by molar-refractivity contribution is 6.45. The van der Waals surface area contributed by atoms with E-state index in [1.807, 2.05) is 37.2 Å². The van der Waals surface area contributed by atoms with E-state index in [-0.39, 0.29) is 33.9 Å². The lowest BCUT2D eigenvalue weighted by atomic mass is 10.2. The fraction of sp³-hybridized carbons (Fsp3) is 0.290. The molecule has 0 aliphatic heterocycles. The van der Waals surface area contributed by atoms with Crippen molar-refractivity contribution in [1.29, 1.82) is 0 Å². The third kappa shape index (κ3) is 9.56. The molecule has 0 radical (unpaired) electrons. The van der Waals surface area contributed by atoms with Crippen LogP contribution in [0.1, 0.15) is 31.0 Å². The Labute approximate surface area is 271 Å². The number of aliphatic hydroxyl groups is 1. The van der Waals surface area contributed by atoms with Crippen LogP contribution in [0.5, 0.6) is 11.5 Å². The number of nitrogens with zero attached hydrogens (tertiary/aromatic N) is 4. The monoisotopic (exact) mass is 654 g/mol. The van der Waals surface area contributed by atoms with Gasteiger partial charge in [-0.3, -0.25) is 10.6 Å². The van der Waals surface area contributed by atoms with Gasteiger partial charge < -0.3 is 25.4 Å². The molecule has 0 aliphatic rings. The fourth-order valence-electron chi connectivity index (χ4n) is 4.14. The van der Waals surface area contributed by atoms with E-state index in [9.17, 15) is 14.7 Å². The maximum absolute atomic E-state index is 13.1. The number of aryl methyl sites for hydroxylation is 1. The number of likely N-dealkylation sites (N-methyl/N-ethyl adjacent to an activating group) is 1. The number of nitrogens with one attached hydrogen (secondary N) is 4. The van der Waals surface area contributed by atoms with E-state index < -0.39 is 12.1 Å².